The van der Waals surface area contributed by atoms with Crippen molar-refractivity contribution in [3.8, 4) is 0 Å². The Hall–Kier alpha value is -0.570. The lowest BCUT2D eigenvalue weighted by atomic mass is 9.91. The minimum Gasteiger partial charge on any atom is -0.356 e. The van der Waals surface area contributed by atoms with E-state index >= 15 is 0 Å². The molecule has 3 heteroatoms. The van der Waals surface area contributed by atoms with Crippen molar-refractivity contribution < 1.29 is 4.79 Å². The van der Waals surface area contributed by atoms with E-state index in [-0.39, 0.29) is 11.9 Å². The predicted octanol–water partition coefficient (Wildman–Crippen LogP) is 2.20. The van der Waals surface area contributed by atoms with Crippen LogP contribution in [0.3, 0.4) is 0 Å². The van der Waals surface area contributed by atoms with Crippen LogP contribution in [-0.4, -0.2) is 18.5 Å². The first-order chi connectivity index (χ1) is 7.68. The van der Waals surface area contributed by atoms with Gasteiger partial charge in [-0.1, -0.05) is 32.1 Å². The Bertz CT molecular complexity index is 196. The van der Waals surface area contributed by atoms with Crippen LogP contribution in [0.1, 0.15) is 58.3 Å². The number of amides is 1. The van der Waals surface area contributed by atoms with E-state index in [9.17, 15) is 4.79 Å². The second kappa shape index (κ2) is 7.66. The number of rotatable bonds is 4. The van der Waals surface area contributed by atoms with Crippen LogP contribution in [0.15, 0.2) is 0 Å². The first kappa shape index (κ1) is 13.5. The molecule has 1 atom stereocenters. The van der Waals surface area contributed by atoms with Crippen molar-refractivity contribution >= 4 is 5.91 Å². The maximum absolute atomic E-state index is 11.5. The second-order valence-corrected chi connectivity index (χ2v) is 5.20. The number of hydrogen-bond donors (Lipinski definition) is 2. The van der Waals surface area contributed by atoms with E-state index < -0.39 is 0 Å². The fourth-order valence-electron chi connectivity index (χ4n) is 2.37. The van der Waals surface area contributed by atoms with Crippen molar-refractivity contribution in [2.75, 3.05) is 6.54 Å². The maximum atomic E-state index is 11.5. The summed E-state index contributed by atoms with van der Waals surface area (Å²) in [5, 5.41) is 3.01. The van der Waals surface area contributed by atoms with Gasteiger partial charge in [-0.2, -0.15) is 0 Å². The topological polar surface area (TPSA) is 55.1 Å². The molecule has 94 valence electrons. The Morgan fingerprint density at radius 1 is 1.25 bits per heavy atom. The minimum absolute atomic E-state index is 0.0302. The zero-order valence-electron chi connectivity index (χ0n) is 10.5. The zero-order valence-corrected chi connectivity index (χ0v) is 10.5. The van der Waals surface area contributed by atoms with Crippen LogP contribution in [-0.2, 0) is 4.79 Å². The van der Waals surface area contributed by atoms with Crippen LogP contribution >= 0.6 is 0 Å². The fraction of sp³-hybridized carbons (Fsp3) is 0.923. The Morgan fingerprint density at radius 3 is 2.38 bits per heavy atom. The third-order valence-corrected chi connectivity index (χ3v) is 3.32. The van der Waals surface area contributed by atoms with Crippen LogP contribution in [0.25, 0.3) is 0 Å². The number of hydrogen-bond acceptors (Lipinski definition) is 2. The van der Waals surface area contributed by atoms with Crippen LogP contribution in [0.5, 0.6) is 0 Å². The van der Waals surface area contributed by atoms with Gasteiger partial charge >= 0.3 is 0 Å². The zero-order chi connectivity index (χ0) is 11.8. The van der Waals surface area contributed by atoms with Gasteiger partial charge in [0, 0.05) is 19.0 Å². The number of nitrogens with two attached hydrogens (primary N) is 1. The van der Waals surface area contributed by atoms with Crippen molar-refractivity contribution in [1.82, 2.24) is 5.32 Å². The Balaban J connectivity index is 2.16. The number of nitrogens with one attached hydrogen (secondary N) is 1. The molecule has 0 saturated heterocycles. The maximum Gasteiger partial charge on any atom is 0.221 e. The summed E-state index contributed by atoms with van der Waals surface area (Å²) in [7, 11) is 0. The van der Waals surface area contributed by atoms with Gasteiger partial charge in [-0.3, -0.25) is 4.79 Å². The summed E-state index contributed by atoms with van der Waals surface area (Å²) in [6, 6.07) is -0.0302. The van der Waals surface area contributed by atoms with E-state index in [1.807, 2.05) is 6.92 Å². The largest absolute Gasteiger partial charge is 0.356 e. The van der Waals surface area contributed by atoms with E-state index in [1.54, 1.807) is 0 Å². The third-order valence-electron chi connectivity index (χ3n) is 3.32. The van der Waals surface area contributed by atoms with Gasteiger partial charge < -0.3 is 11.1 Å². The molecule has 0 aromatic heterocycles. The molecule has 1 aliphatic carbocycles. The molecule has 3 N–H and O–H groups in total. The molecule has 1 aliphatic rings. The molecule has 0 bridgehead atoms. The van der Waals surface area contributed by atoms with Gasteiger partial charge in [-0.15, -0.1) is 0 Å². The SMILES string of the molecule is CC(N)CC(=O)NCC1CCCCCCC1. The molecule has 1 amide bonds. The first-order valence-corrected chi connectivity index (χ1v) is 6.70. The molecule has 3 nitrogen and oxygen atoms in total. The summed E-state index contributed by atoms with van der Waals surface area (Å²) in [5.74, 6) is 0.800. The molecular weight excluding hydrogens is 200 g/mol. The molecule has 0 heterocycles. The Kier molecular flexibility index (Phi) is 6.46. The van der Waals surface area contributed by atoms with Gasteiger partial charge in [0.15, 0.2) is 0 Å². The average Bonchev–Trinajstić information content (AvgIpc) is 2.14. The summed E-state index contributed by atoms with van der Waals surface area (Å²) >= 11 is 0. The Labute approximate surface area is 99.2 Å². The average molecular weight is 226 g/mol. The molecule has 1 saturated carbocycles. The minimum atomic E-state index is -0.0302. The summed E-state index contributed by atoms with van der Waals surface area (Å²) in [6.07, 6.45) is 9.78. The molecule has 0 radical (unpaired) electrons. The van der Waals surface area contributed by atoms with Gasteiger partial charge in [0.2, 0.25) is 5.91 Å². The predicted molar refractivity (Wildman–Crippen MR) is 67.1 cm³/mol. The number of carbonyl (C=O) groups excluding carboxylic acids is 1. The van der Waals surface area contributed by atoms with Crippen molar-refractivity contribution in [3.63, 3.8) is 0 Å². The van der Waals surface area contributed by atoms with Crippen molar-refractivity contribution in [2.45, 2.75) is 64.3 Å². The molecule has 0 aromatic rings. The quantitative estimate of drug-likeness (QED) is 0.772. The fourth-order valence-corrected chi connectivity index (χ4v) is 2.37. The van der Waals surface area contributed by atoms with Crippen LogP contribution in [0.2, 0.25) is 0 Å². The molecule has 1 fully saturated rings. The van der Waals surface area contributed by atoms with E-state index in [0.717, 1.165) is 6.54 Å². The molecule has 0 aromatic carbocycles. The van der Waals surface area contributed by atoms with Crippen molar-refractivity contribution in [3.05, 3.63) is 0 Å². The molecule has 16 heavy (non-hydrogen) atoms. The molecule has 1 rings (SSSR count). The van der Waals surface area contributed by atoms with Gasteiger partial charge in [0.25, 0.3) is 0 Å². The monoisotopic (exact) mass is 226 g/mol. The van der Waals surface area contributed by atoms with E-state index in [2.05, 4.69) is 5.32 Å². The Morgan fingerprint density at radius 2 is 1.81 bits per heavy atom. The van der Waals surface area contributed by atoms with Crippen molar-refractivity contribution in [2.24, 2.45) is 11.7 Å². The smallest absolute Gasteiger partial charge is 0.221 e. The highest BCUT2D eigenvalue weighted by molar-refractivity contribution is 5.76. The third kappa shape index (κ3) is 6.11. The van der Waals surface area contributed by atoms with Gasteiger partial charge in [0.05, 0.1) is 0 Å². The highest BCUT2D eigenvalue weighted by atomic mass is 16.1. The summed E-state index contributed by atoms with van der Waals surface area (Å²) in [4.78, 5) is 11.5. The van der Waals surface area contributed by atoms with Crippen molar-refractivity contribution in [1.29, 1.82) is 0 Å². The lowest BCUT2D eigenvalue weighted by Crippen LogP contribution is -2.33. The van der Waals surface area contributed by atoms with Gasteiger partial charge in [-0.05, 0) is 25.7 Å². The highest BCUT2D eigenvalue weighted by Crippen LogP contribution is 2.21. The first-order valence-electron chi connectivity index (χ1n) is 6.70. The lowest BCUT2D eigenvalue weighted by Gasteiger charge is -2.20. The van der Waals surface area contributed by atoms with Crippen LogP contribution in [0, 0.1) is 5.92 Å². The number of carbonyl (C=O) groups is 1. The van der Waals surface area contributed by atoms with E-state index in [0.29, 0.717) is 12.3 Å². The van der Waals surface area contributed by atoms with Crippen LogP contribution in [0.4, 0.5) is 0 Å². The van der Waals surface area contributed by atoms with Gasteiger partial charge in [0.1, 0.15) is 0 Å². The normalized spacial score (nSPS) is 20.9. The second-order valence-electron chi connectivity index (χ2n) is 5.20. The molecular formula is C13H26N2O. The highest BCUT2D eigenvalue weighted by Gasteiger charge is 2.12. The van der Waals surface area contributed by atoms with Gasteiger partial charge in [-0.25, -0.2) is 0 Å². The van der Waals surface area contributed by atoms with E-state index in [4.69, 9.17) is 5.73 Å². The molecule has 1 unspecified atom stereocenters. The lowest BCUT2D eigenvalue weighted by molar-refractivity contribution is -0.121. The molecule has 0 aliphatic heterocycles. The summed E-state index contributed by atoms with van der Waals surface area (Å²) in [5.41, 5.74) is 5.59. The summed E-state index contributed by atoms with van der Waals surface area (Å²) < 4.78 is 0. The molecule has 0 spiro atoms. The van der Waals surface area contributed by atoms with E-state index in [1.165, 1.54) is 44.9 Å². The summed E-state index contributed by atoms with van der Waals surface area (Å²) in [6.45, 7) is 2.72. The standard InChI is InChI=1S/C13H26N2O/c1-11(14)9-13(16)15-10-12-7-5-3-2-4-6-8-12/h11-12H,2-10,14H2,1H3,(H,15,16). The van der Waals surface area contributed by atoms with Crippen LogP contribution < -0.4 is 11.1 Å².